The first kappa shape index (κ1) is 20.5. The Hall–Kier alpha value is -1.85. The van der Waals surface area contributed by atoms with Crippen molar-refractivity contribution in [2.45, 2.75) is 65.0 Å². The van der Waals surface area contributed by atoms with Gasteiger partial charge in [0.05, 0.1) is 6.61 Å². The normalized spacial score (nSPS) is 21.2. The molecular weight excluding hydrogens is 328 g/mol. The molecule has 5 nitrogen and oxygen atoms in total. The maximum Gasteiger partial charge on any atom is 0.412 e. The average molecular weight is 360 g/mol. The molecule has 5 heteroatoms. The number of carbonyl (C=O) groups is 1. The highest BCUT2D eigenvalue weighted by molar-refractivity contribution is 5.68. The summed E-state index contributed by atoms with van der Waals surface area (Å²) in [6.07, 6.45) is 4.96. The Kier molecular flexibility index (Phi) is 7.66. The van der Waals surface area contributed by atoms with Gasteiger partial charge in [-0.1, -0.05) is 42.5 Å². The van der Waals surface area contributed by atoms with Crippen LogP contribution in [0.3, 0.4) is 0 Å². The number of carbonyl (C=O) groups excluding carboxylic acids is 1. The number of ether oxygens (including phenoxy) is 2. The Labute approximate surface area is 157 Å². The molecule has 1 amide bonds. The second-order valence-corrected chi connectivity index (χ2v) is 7.62. The number of allylic oxidation sites excluding steroid dienone is 1. The first-order valence-electron chi connectivity index (χ1n) is 9.38. The molecule has 144 valence electrons. The lowest BCUT2D eigenvalue weighted by Gasteiger charge is -2.39. The Morgan fingerprint density at radius 3 is 2.69 bits per heavy atom. The zero-order valence-corrected chi connectivity index (χ0v) is 16.4. The zero-order chi connectivity index (χ0) is 19.0. The summed E-state index contributed by atoms with van der Waals surface area (Å²) in [7, 11) is 0. The zero-order valence-electron chi connectivity index (χ0n) is 16.4. The van der Waals surface area contributed by atoms with Crippen LogP contribution in [0.2, 0.25) is 0 Å². The van der Waals surface area contributed by atoms with Gasteiger partial charge < -0.3 is 14.8 Å². The summed E-state index contributed by atoms with van der Waals surface area (Å²) in [4.78, 5) is 14.2. The molecule has 2 unspecified atom stereocenters. The molecule has 1 heterocycles. The summed E-state index contributed by atoms with van der Waals surface area (Å²) in [6.45, 7) is 9.55. The Morgan fingerprint density at radius 2 is 2.04 bits per heavy atom. The Morgan fingerprint density at radius 1 is 1.31 bits per heavy atom. The number of likely N-dealkylation sites (tertiary alicyclic amines) is 1. The minimum absolute atomic E-state index is 0.275. The molecule has 2 rings (SSSR count). The predicted molar refractivity (Wildman–Crippen MR) is 104 cm³/mol. The number of rotatable bonds is 6. The lowest BCUT2D eigenvalue weighted by atomic mass is 10.0. The van der Waals surface area contributed by atoms with E-state index in [4.69, 9.17) is 9.47 Å². The predicted octanol–water partition coefficient (Wildman–Crippen LogP) is 4.09. The summed E-state index contributed by atoms with van der Waals surface area (Å²) in [5, 5.41) is 3.59. The van der Waals surface area contributed by atoms with E-state index in [0.29, 0.717) is 19.2 Å². The number of nitrogens with zero attached hydrogens (tertiary/aromatic N) is 1. The van der Waals surface area contributed by atoms with Crippen molar-refractivity contribution < 1.29 is 14.3 Å². The van der Waals surface area contributed by atoms with Gasteiger partial charge >= 0.3 is 6.09 Å². The summed E-state index contributed by atoms with van der Waals surface area (Å²) >= 11 is 0. The van der Waals surface area contributed by atoms with Crippen molar-refractivity contribution in [2.75, 3.05) is 13.2 Å². The van der Waals surface area contributed by atoms with Gasteiger partial charge in [-0.3, -0.25) is 4.90 Å². The molecule has 0 bridgehead atoms. The highest BCUT2D eigenvalue weighted by atomic mass is 16.6. The molecule has 0 radical (unpaired) electrons. The van der Waals surface area contributed by atoms with Crippen molar-refractivity contribution in [1.29, 1.82) is 0 Å². The number of nitrogens with one attached hydrogen (secondary N) is 1. The molecule has 1 aliphatic heterocycles. The maximum absolute atomic E-state index is 12.5. The fraction of sp³-hybridized carbons (Fsp3) is 0.571. The molecule has 1 fully saturated rings. The van der Waals surface area contributed by atoms with Gasteiger partial charge in [0, 0.05) is 25.6 Å². The van der Waals surface area contributed by atoms with Crippen LogP contribution in [0.15, 0.2) is 42.5 Å². The lowest BCUT2D eigenvalue weighted by molar-refractivity contribution is -0.0813. The van der Waals surface area contributed by atoms with Crippen molar-refractivity contribution in [3.05, 3.63) is 48.0 Å². The van der Waals surface area contributed by atoms with Crippen LogP contribution in [0, 0.1) is 0 Å². The molecule has 0 aliphatic carbocycles. The van der Waals surface area contributed by atoms with Crippen LogP contribution in [-0.2, 0) is 16.0 Å². The smallest absolute Gasteiger partial charge is 0.412 e. The van der Waals surface area contributed by atoms with Gasteiger partial charge in [0.2, 0.25) is 0 Å². The largest absolute Gasteiger partial charge is 0.444 e. The third-order valence-corrected chi connectivity index (χ3v) is 4.24. The summed E-state index contributed by atoms with van der Waals surface area (Å²) in [5.74, 6) is 0. The summed E-state index contributed by atoms with van der Waals surface area (Å²) in [5.41, 5.74) is 0.751. The van der Waals surface area contributed by atoms with Gasteiger partial charge in [0.15, 0.2) is 0 Å². The fourth-order valence-corrected chi connectivity index (χ4v) is 2.92. The van der Waals surface area contributed by atoms with Crippen molar-refractivity contribution in [1.82, 2.24) is 10.2 Å². The third kappa shape index (κ3) is 6.81. The molecule has 1 saturated heterocycles. The molecule has 26 heavy (non-hydrogen) atoms. The van der Waals surface area contributed by atoms with Crippen molar-refractivity contribution in [2.24, 2.45) is 0 Å². The standard InChI is InChI=1S/C21H32N2O3/c1-5-6-14-25-19-15-18(22-16-17-10-8-7-9-11-17)12-13-23(19)20(24)26-21(2,3)4/h5-11,18-19,22H,12-16H2,1-4H3. The third-order valence-electron chi connectivity index (χ3n) is 4.24. The number of piperidine rings is 1. The highest BCUT2D eigenvalue weighted by Gasteiger charge is 2.34. The average Bonchev–Trinajstić information content (AvgIpc) is 2.60. The van der Waals surface area contributed by atoms with E-state index in [1.165, 1.54) is 5.56 Å². The number of benzene rings is 1. The highest BCUT2D eigenvalue weighted by Crippen LogP contribution is 2.22. The van der Waals surface area contributed by atoms with E-state index in [-0.39, 0.29) is 12.3 Å². The Bertz CT molecular complexity index is 581. The van der Waals surface area contributed by atoms with E-state index in [9.17, 15) is 4.79 Å². The molecule has 2 atom stereocenters. The maximum atomic E-state index is 12.5. The molecule has 0 saturated carbocycles. The first-order chi connectivity index (χ1) is 12.4. The van der Waals surface area contributed by atoms with Crippen LogP contribution < -0.4 is 5.32 Å². The van der Waals surface area contributed by atoms with E-state index in [1.807, 2.05) is 58.0 Å². The van der Waals surface area contributed by atoms with Crippen molar-refractivity contribution >= 4 is 6.09 Å². The molecule has 1 N–H and O–H groups in total. The van der Waals surface area contributed by atoms with E-state index < -0.39 is 5.60 Å². The minimum atomic E-state index is -0.507. The first-order valence-corrected chi connectivity index (χ1v) is 9.38. The number of hydrogen-bond acceptors (Lipinski definition) is 4. The summed E-state index contributed by atoms with van der Waals surface area (Å²) in [6, 6.07) is 10.7. The van der Waals surface area contributed by atoms with Crippen LogP contribution in [0.1, 0.15) is 46.1 Å². The van der Waals surface area contributed by atoms with Gasteiger partial charge in [0.25, 0.3) is 0 Å². The van der Waals surface area contributed by atoms with Crippen molar-refractivity contribution in [3.63, 3.8) is 0 Å². The molecule has 1 aliphatic rings. The van der Waals surface area contributed by atoms with Gasteiger partial charge in [-0.15, -0.1) is 0 Å². The topological polar surface area (TPSA) is 50.8 Å². The number of amides is 1. The second kappa shape index (κ2) is 9.74. The molecule has 1 aromatic rings. The van der Waals surface area contributed by atoms with Crippen molar-refractivity contribution in [3.8, 4) is 0 Å². The molecule has 1 aromatic carbocycles. The SMILES string of the molecule is CC=CCOC1CC(NCc2ccccc2)CCN1C(=O)OC(C)(C)C. The Balaban J connectivity index is 1.95. The second-order valence-electron chi connectivity index (χ2n) is 7.62. The quantitative estimate of drug-likeness (QED) is 0.776. The van der Waals surface area contributed by atoms with Crippen LogP contribution in [0.25, 0.3) is 0 Å². The summed E-state index contributed by atoms with van der Waals surface area (Å²) < 4.78 is 11.5. The van der Waals surface area contributed by atoms with Gasteiger partial charge in [0.1, 0.15) is 11.8 Å². The van der Waals surface area contributed by atoms with Gasteiger partial charge in [-0.25, -0.2) is 4.79 Å². The minimum Gasteiger partial charge on any atom is -0.444 e. The van der Waals surface area contributed by atoms with Crippen LogP contribution in [-0.4, -0.2) is 42.0 Å². The van der Waals surface area contributed by atoms with Crippen LogP contribution in [0.5, 0.6) is 0 Å². The van der Waals surface area contributed by atoms with Crippen LogP contribution in [0.4, 0.5) is 4.79 Å². The van der Waals surface area contributed by atoms with E-state index in [1.54, 1.807) is 4.90 Å². The van der Waals surface area contributed by atoms with Crippen LogP contribution >= 0.6 is 0 Å². The monoisotopic (exact) mass is 360 g/mol. The number of hydrogen-bond donors (Lipinski definition) is 1. The molecular formula is C21H32N2O3. The van der Waals surface area contributed by atoms with E-state index >= 15 is 0 Å². The lowest BCUT2D eigenvalue weighted by Crippen LogP contribution is -2.53. The van der Waals surface area contributed by atoms with Gasteiger partial charge in [-0.2, -0.15) is 0 Å². The van der Waals surface area contributed by atoms with E-state index in [0.717, 1.165) is 19.4 Å². The molecule has 0 spiro atoms. The van der Waals surface area contributed by atoms with E-state index in [2.05, 4.69) is 17.4 Å². The molecule has 0 aromatic heterocycles. The fourth-order valence-electron chi connectivity index (χ4n) is 2.92. The van der Waals surface area contributed by atoms with Gasteiger partial charge in [-0.05, 0) is 39.7 Å².